The Labute approximate surface area is 270 Å². The van der Waals surface area contributed by atoms with Gasteiger partial charge in [-0.05, 0) is 61.3 Å². The normalized spacial score (nSPS) is 16.6. The molecule has 0 amide bonds. The van der Waals surface area contributed by atoms with E-state index in [1.54, 1.807) is 24.8 Å². The molecule has 1 saturated heterocycles. The van der Waals surface area contributed by atoms with Crippen LogP contribution < -0.4 is 4.74 Å². The zero-order valence-corrected chi connectivity index (χ0v) is 25.7. The number of likely N-dealkylation sites (tertiary alicyclic amines) is 1. The van der Waals surface area contributed by atoms with E-state index in [2.05, 4.69) is 36.1 Å². The average molecular weight is 629 g/mol. The number of ether oxygens (including phenoxy) is 2. The van der Waals surface area contributed by atoms with Gasteiger partial charge in [0.15, 0.2) is 5.82 Å². The van der Waals surface area contributed by atoms with Gasteiger partial charge in [-0.1, -0.05) is 30.3 Å². The van der Waals surface area contributed by atoms with E-state index in [-0.39, 0.29) is 11.7 Å². The second-order valence-electron chi connectivity index (χ2n) is 11.9. The van der Waals surface area contributed by atoms with Crippen molar-refractivity contribution in [2.75, 3.05) is 32.8 Å². The zero-order chi connectivity index (χ0) is 31.6. The van der Waals surface area contributed by atoms with Crippen LogP contribution in [-0.4, -0.2) is 74.0 Å². The molecule has 2 aliphatic rings. The number of halogens is 1. The Morgan fingerprint density at radius 3 is 2.74 bits per heavy atom. The molecule has 0 saturated carbocycles. The molecule has 6 aromatic rings. The monoisotopic (exact) mass is 628 g/mol. The summed E-state index contributed by atoms with van der Waals surface area (Å²) < 4.78 is 26.8. The number of allylic oxidation sites excluding steroid dienone is 1. The number of benzene rings is 2. The maximum Gasteiger partial charge on any atom is 0.159 e. The molecule has 11 heteroatoms. The molecule has 8 rings (SSSR count). The Balaban J connectivity index is 1.06. The molecule has 1 atom stereocenters. The van der Waals surface area contributed by atoms with Crippen molar-refractivity contribution in [2.45, 2.75) is 25.4 Å². The van der Waals surface area contributed by atoms with Gasteiger partial charge in [0.05, 0.1) is 47.4 Å². The van der Waals surface area contributed by atoms with Crippen LogP contribution in [0.25, 0.3) is 44.6 Å². The van der Waals surface area contributed by atoms with Gasteiger partial charge in [-0.25, -0.2) is 9.37 Å². The van der Waals surface area contributed by atoms with Crippen LogP contribution in [0, 0.1) is 5.82 Å². The maximum absolute atomic E-state index is 14.8. The lowest BCUT2D eigenvalue weighted by atomic mass is 10.0. The Morgan fingerprint density at radius 1 is 0.957 bits per heavy atom. The average Bonchev–Trinajstić information content (AvgIpc) is 3.87. The highest BCUT2D eigenvalue weighted by Crippen LogP contribution is 2.34. The van der Waals surface area contributed by atoms with Crippen molar-refractivity contribution < 1.29 is 13.9 Å². The number of aromatic amines is 2. The molecule has 10 nitrogen and oxygen atoms in total. The first-order valence-electron chi connectivity index (χ1n) is 15.9. The van der Waals surface area contributed by atoms with Gasteiger partial charge in [0.2, 0.25) is 0 Å². The van der Waals surface area contributed by atoms with E-state index in [0.717, 1.165) is 41.8 Å². The van der Waals surface area contributed by atoms with Gasteiger partial charge in [0, 0.05) is 35.7 Å². The summed E-state index contributed by atoms with van der Waals surface area (Å²) in [5, 5.41) is 8.54. The number of rotatable bonds is 10. The maximum atomic E-state index is 14.8. The van der Waals surface area contributed by atoms with E-state index in [0.29, 0.717) is 64.9 Å². The number of fused-ring (bicyclic) bond motifs is 2. The predicted molar refractivity (Wildman–Crippen MR) is 179 cm³/mol. The number of nitrogens with one attached hydrogen (secondary N) is 2. The summed E-state index contributed by atoms with van der Waals surface area (Å²) in [5.41, 5.74) is 6.11. The van der Waals surface area contributed by atoms with Crippen molar-refractivity contribution in [3.8, 4) is 28.4 Å². The number of aromatic nitrogens is 6. The number of hydrogen-bond acceptors (Lipinski definition) is 8. The van der Waals surface area contributed by atoms with Gasteiger partial charge in [0.1, 0.15) is 36.2 Å². The fourth-order valence-electron chi connectivity index (χ4n) is 6.23. The number of imidazole rings is 1. The third kappa shape index (κ3) is 6.22. The van der Waals surface area contributed by atoms with Crippen LogP contribution in [0.1, 0.15) is 30.0 Å². The fourth-order valence-corrected chi connectivity index (χ4v) is 6.23. The fraction of sp³-hybridized carbons (Fsp3) is 0.250. The lowest BCUT2D eigenvalue weighted by molar-refractivity contribution is 0.216. The predicted octanol–water partition coefficient (Wildman–Crippen LogP) is 6.45. The van der Waals surface area contributed by atoms with E-state index in [9.17, 15) is 4.39 Å². The summed E-state index contributed by atoms with van der Waals surface area (Å²) >= 11 is 0. The SMILES string of the molecule is Fc1cc(OCCN2CCCC2)cc(-c2cncc3[nH]c(-c4n[nH]c5cnc(C6C=C(OCc7ccccc7)C=NC6)cc45)nc23)c1. The van der Waals surface area contributed by atoms with Crippen LogP contribution in [0.15, 0.2) is 90.0 Å². The summed E-state index contributed by atoms with van der Waals surface area (Å²) in [6, 6.07) is 16.8. The van der Waals surface area contributed by atoms with Crippen molar-refractivity contribution >= 4 is 28.2 Å². The molecule has 47 heavy (non-hydrogen) atoms. The second kappa shape index (κ2) is 12.8. The molecular formula is C36H33FN8O2. The molecule has 0 spiro atoms. The summed E-state index contributed by atoms with van der Waals surface area (Å²) in [7, 11) is 0. The third-order valence-electron chi connectivity index (χ3n) is 8.66. The first kappa shape index (κ1) is 29.0. The molecule has 6 heterocycles. The molecule has 1 unspecified atom stereocenters. The Bertz CT molecular complexity index is 2100. The number of nitrogens with zero attached hydrogens (tertiary/aromatic N) is 6. The van der Waals surface area contributed by atoms with Crippen molar-refractivity contribution in [3.63, 3.8) is 0 Å². The standard InChI is InChI=1S/C36H33FN8O2/c37-26-12-24(13-27(15-26)46-11-10-45-8-4-5-9-45)30-19-39-20-33-34(30)42-36(41-33)35-29-16-31(40-21-32(29)43-44-35)25-14-28(18-38-17-25)47-22-23-6-2-1-3-7-23/h1-3,6-7,12-16,18-21,25H,4-5,8-11,17,22H2,(H,41,42)(H,43,44). The minimum Gasteiger partial charge on any atom is -0.492 e. The van der Waals surface area contributed by atoms with Gasteiger partial charge in [0.25, 0.3) is 0 Å². The third-order valence-corrected chi connectivity index (χ3v) is 8.66. The molecule has 2 N–H and O–H groups in total. The van der Waals surface area contributed by atoms with Crippen LogP contribution >= 0.6 is 0 Å². The zero-order valence-electron chi connectivity index (χ0n) is 25.7. The van der Waals surface area contributed by atoms with Crippen LogP contribution in [0.5, 0.6) is 5.75 Å². The molecule has 0 radical (unpaired) electrons. The molecule has 0 aliphatic carbocycles. The molecule has 1 fully saturated rings. The van der Waals surface area contributed by atoms with Crippen LogP contribution in [-0.2, 0) is 11.3 Å². The molecule has 0 bridgehead atoms. The van der Waals surface area contributed by atoms with Gasteiger partial charge < -0.3 is 14.5 Å². The summed E-state index contributed by atoms with van der Waals surface area (Å²) in [5.74, 6) is 1.35. The van der Waals surface area contributed by atoms with Crippen molar-refractivity contribution in [1.82, 2.24) is 35.0 Å². The first-order chi connectivity index (χ1) is 23.2. The summed E-state index contributed by atoms with van der Waals surface area (Å²) in [6.45, 7) is 4.55. The Kier molecular flexibility index (Phi) is 7.88. The van der Waals surface area contributed by atoms with E-state index >= 15 is 0 Å². The number of pyridine rings is 2. The number of H-pyrrole nitrogens is 2. The van der Waals surface area contributed by atoms with Crippen molar-refractivity contribution in [1.29, 1.82) is 0 Å². The van der Waals surface area contributed by atoms with Crippen LogP contribution in [0.3, 0.4) is 0 Å². The van der Waals surface area contributed by atoms with E-state index in [1.807, 2.05) is 42.5 Å². The van der Waals surface area contributed by atoms with Gasteiger partial charge in [-0.15, -0.1) is 0 Å². The quantitative estimate of drug-likeness (QED) is 0.179. The van der Waals surface area contributed by atoms with E-state index < -0.39 is 0 Å². The molecule has 2 aliphatic heterocycles. The Morgan fingerprint density at radius 2 is 1.85 bits per heavy atom. The smallest absolute Gasteiger partial charge is 0.159 e. The van der Waals surface area contributed by atoms with Crippen LogP contribution in [0.2, 0.25) is 0 Å². The topological polar surface area (TPSA) is 117 Å². The van der Waals surface area contributed by atoms with Gasteiger partial charge >= 0.3 is 0 Å². The second-order valence-corrected chi connectivity index (χ2v) is 11.9. The molecule has 4 aromatic heterocycles. The largest absolute Gasteiger partial charge is 0.492 e. The van der Waals surface area contributed by atoms with Crippen molar-refractivity contribution in [2.24, 2.45) is 4.99 Å². The number of hydrogen-bond donors (Lipinski definition) is 2. The lowest BCUT2D eigenvalue weighted by Gasteiger charge is -2.16. The molecular weight excluding hydrogens is 595 g/mol. The van der Waals surface area contributed by atoms with E-state index in [4.69, 9.17) is 19.4 Å². The minimum absolute atomic E-state index is 0.0517. The Hall–Kier alpha value is -5.42. The van der Waals surface area contributed by atoms with Crippen molar-refractivity contribution in [3.05, 3.63) is 102 Å². The highest BCUT2D eigenvalue weighted by Gasteiger charge is 2.20. The molecule has 236 valence electrons. The number of dihydropyridines is 1. The van der Waals surface area contributed by atoms with Crippen LogP contribution in [0.4, 0.5) is 4.39 Å². The molecule has 2 aromatic carbocycles. The first-order valence-corrected chi connectivity index (χ1v) is 15.9. The summed E-state index contributed by atoms with van der Waals surface area (Å²) in [4.78, 5) is 24.4. The highest BCUT2D eigenvalue weighted by atomic mass is 19.1. The van der Waals surface area contributed by atoms with Gasteiger partial charge in [-0.2, -0.15) is 5.10 Å². The van der Waals surface area contributed by atoms with E-state index in [1.165, 1.54) is 25.0 Å². The highest BCUT2D eigenvalue weighted by molar-refractivity contribution is 5.96. The number of aliphatic imine (C=N–C) groups is 1. The minimum atomic E-state index is -0.375. The van der Waals surface area contributed by atoms with Gasteiger partial charge in [-0.3, -0.25) is 25.0 Å². The summed E-state index contributed by atoms with van der Waals surface area (Å²) in [6.07, 6.45) is 11.5. The lowest BCUT2D eigenvalue weighted by Crippen LogP contribution is -2.25.